The fraction of sp³-hybridized carbons (Fsp3) is 0.516. The number of amides is 2. The number of allylic oxidation sites excluding steroid dienone is 1. The minimum absolute atomic E-state index is 0.116. The summed E-state index contributed by atoms with van der Waals surface area (Å²) in [6, 6.07) is 3.59. The Morgan fingerprint density at radius 3 is 2.47 bits per heavy atom. The molecule has 1 unspecified atom stereocenters. The molecule has 2 aromatic rings. The number of benzene rings is 1. The van der Waals surface area contributed by atoms with E-state index in [2.05, 4.69) is 46.9 Å². The minimum atomic E-state index is -4.56. The van der Waals surface area contributed by atoms with Crippen LogP contribution in [0.15, 0.2) is 49.3 Å². The molecule has 10 nitrogen and oxygen atoms in total. The van der Waals surface area contributed by atoms with Crippen LogP contribution in [0.3, 0.4) is 0 Å². The third kappa shape index (κ3) is 13.8. The molecule has 0 radical (unpaired) electrons. The number of ether oxygens (including phenoxy) is 3. The number of methoxy groups -OCH3 is 1. The number of aromatic nitrogens is 2. The molecule has 250 valence electrons. The average molecular weight is 654 g/mol. The molecule has 0 bridgehead atoms. The van der Waals surface area contributed by atoms with Crippen molar-refractivity contribution in [1.82, 2.24) is 14.9 Å². The highest BCUT2D eigenvalue weighted by Crippen LogP contribution is 2.34. The number of hydrogen-bond donors (Lipinski definition) is 3. The van der Waals surface area contributed by atoms with E-state index in [0.29, 0.717) is 36.5 Å². The first-order valence-corrected chi connectivity index (χ1v) is 18.3. The van der Waals surface area contributed by atoms with Crippen LogP contribution in [-0.2, 0) is 27.4 Å². The maximum absolute atomic E-state index is 13.9. The molecule has 14 heteroatoms. The summed E-state index contributed by atoms with van der Waals surface area (Å²) in [6.45, 7) is 16.3. The van der Waals surface area contributed by atoms with Gasteiger partial charge in [-0.05, 0) is 57.9 Å². The number of rotatable bonds is 15. The topological polar surface area (TPSA) is 116 Å². The van der Waals surface area contributed by atoms with E-state index in [-0.39, 0.29) is 24.5 Å². The predicted molar refractivity (Wildman–Crippen MR) is 173 cm³/mol. The molecule has 1 aromatic carbocycles. The van der Waals surface area contributed by atoms with Crippen molar-refractivity contribution in [3.05, 3.63) is 55.2 Å². The summed E-state index contributed by atoms with van der Waals surface area (Å²) in [6.07, 6.45) is 0.878. The summed E-state index contributed by atoms with van der Waals surface area (Å²) in [5.74, 6) is 0.640. The third-order valence-corrected chi connectivity index (χ3v) is 7.90. The molecule has 0 fully saturated rings. The first-order valence-electron chi connectivity index (χ1n) is 14.6. The summed E-state index contributed by atoms with van der Waals surface area (Å²) in [5.41, 5.74) is 0.547. The van der Waals surface area contributed by atoms with Crippen LogP contribution in [0.4, 0.5) is 34.1 Å². The second-order valence-electron chi connectivity index (χ2n) is 12.6. The number of carbonyl (C=O) groups excluding carboxylic acids is 2. The third-order valence-electron chi connectivity index (χ3n) is 6.19. The Morgan fingerprint density at radius 2 is 1.87 bits per heavy atom. The molecule has 0 spiro atoms. The second-order valence-corrected chi connectivity index (χ2v) is 18.2. The molecular formula is C31H46F3N5O5Si. The highest BCUT2D eigenvalue weighted by atomic mass is 28.3. The molecule has 0 saturated carbocycles. The molecule has 3 N–H and O–H groups in total. The van der Waals surface area contributed by atoms with Gasteiger partial charge >= 0.3 is 18.4 Å². The molecule has 0 aliphatic carbocycles. The van der Waals surface area contributed by atoms with Crippen LogP contribution in [-0.4, -0.2) is 61.3 Å². The Balaban J connectivity index is 2.41. The number of nitrogens with zero attached hydrogens (tertiary/aromatic N) is 2. The zero-order chi connectivity index (χ0) is 33.8. The van der Waals surface area contributed by atoms with Crippen molar-refractivity contribution in [2.24, 2.45) is 0 Å². The van der Waals surface area contributed by atoms with Crippen molar-refractivity contribution in [2.45, 2.75) is 90.3 Å². The van der Waals surface area contributed by atoms with E-state index in [9.17, 15) is 22.8 Å². The number of halogens is 3. The van der Waals surface area contributed by atoms with Gasteiger partial charge in [-0.15, -0.1) is 6.58 Å². The van der Waals surface area contributed by atoms with E-state index in [0.717, 1.165) is 6.04 Å². The molecule has 1 aromatic heterocycles. The smallest absolute Gasteiger partial charge is 0.411 e. The Bertz CT molecular complexity index is 1320. The molecule has 0 aliphatic rings. The molecule has 45 heavy (non-hydrogen) atoms. The zero-order valence-corrected chi connectivity index (χ0v) is 28.1. The lowest BCUT2D eigenvalue weighted by Gasteiger charge is -2.23. The van der Waals surface area contributed by atoms with Gasteiger partial charge in [0.25, 0.3) is 0 Å². The lowest BCUT2D eigenvalue weighted by Crippen LogP contribution is -2.35. The van der Waals surface area contributed by atoms with Crippen molar-refractivity contribution >= 4 is 31.6 Å². The number of carbonyl (C=O) groups is 2. The van der Waals surface area contributed by atoms with E-state index >= 15 is 0 Å². The van der Waals surface area contributed by atoms with Gasteiger partial charge in [-0.2, -0.15) is 13.2 Å². The van der Waals surface area contributed by atoms with Crippen molar-refractivity contribution in [2.75, 3.05) is 24.4 Å². The average Bonchev–Trinajstić information content (AvgIpc) is 3.31. The molecule has 1 heterocycles. The maximum Gasteiger partial charge on any atom is 0.411 e. The van der Waals surface area contributed by atoms with Gasteiger partial charge in [-0.3, -0.25) is 10.6 Å². The van der Waals surface area contributed by atoms with Gasteiger partial charge in [0.05, 0.1) is 12.8 Å². The van der Waals surface area contributed by atoms with Crippen molar-refractivity contribution in [3.63, 3.8) is 0 Å². The van der Waals surface area contributed by atoms with Crippen molar-refractivity contribution in [1.29, 1.82) is 0 Å². The van der Waals surface area contributed by atoms with Gasteiger partial charge in [-0.1, -0.05) is 31.8 Å². The van der Waals surface area contributed by atoms with Gasteiger partial charge in [0.2, 0.25) is 0 Å². The van der Waals surface area contributed by atoms with Crippen LogP contribution in [0.1, 0.15) is 39.4 Å². The van der Waals surface area contributed by atoms with Crippen molar-refractivity contribution in [3.8, 4) is 11.3 Å². The summed E-state index contributed by atoms with van der Waals surface area (Å²) >= 11 is 0. The van der Waals surface area contributed by atoms with Crippen LogP contribution in [0.5, 0.6) is 0 Å². The highest BCUT2D eigenvalue weighted by Gasteiger charge is 2.39. The largest absolute Gasteiger partial charge is 0.453 e. The normalized spacial score (nSPS) is 12.9. The van der Waals surface area contributed by atoms with Gasteiger partial charge in [-0.25, -0.2) is 14.6 Å². The number of alkyl halides is 3. The van der Waals surface area contributed by atoms with Crippen LogP contribution in [0.25, 0.3) is 11.3 Å². The zero-order valence-electron chi connectivity index (χ0n) is 27.1. The first-order chi connectivity index (χ1) is 20.9. The highest BCUT2D eigenvalue weighted by molar-refractivity contribution is 6.76. The summed E-state index contributed by atoms with van der Waals surface area (Å²) in [7, 11) is -0.137. The maximum atomic E-state index is 13.9. The number of nitrogens with one attached hydrogen (secondary N) is 3. The Kier molecular flexibility index (Phi) is 13.7. The number of aryl methyl sites for hydroxylation is 1. The quantitative estimate of drug-likeness (QED) is 0.102. The minimum Gasteiger partial charge on any atom is -0.453 e. The van der Waals surface area contributed by atoms with E-state index in [1.54, 1.807) is 45.2 Å². The van der Waals surface area contributed by atoms with E-state index in [1.165, 1.54) is 25.5 Å². The number of hydrogen-bond acceptors (Lipinski definition) is 7. The van der Waals surface area contributed by atoms with Gasteiger partial charge < -0.3 is 24.1 Å². The number of anilines is 2. The van der Waals surface area contributed by atoms with E-state index in [1.807, 2.05) is 4.57 Å². The first kappa shape index (κ1) is 37.4. The number of imidazole rings is 1. The fourth-order valence-electron chi connectivity index (χ4n) is 3.93. The van der Waals surface area contributed by atoms with Crippen LogP contribution >= 0.6 is 0 Å². The Hall–Kier alpha value is -3.78. The molecule has 1 atom stereocenters. The van der Waals surface area contributed by atoms with E-state index in [4.69, 9.17) is 14.5 Å². The summed E-state index contributed by atoms with van der Waals surface area (Å²) < 4.78 is 59.3. The lowest BCUT2D eigenvalue weighted by molar-refractivity contribution is -0.141. The standard InChI is InChI=1S/C31H46F3N5O5Si/c1-9-12-26(31(32,33)34)37-24-19-22(36-29(41)42-5)14-15-23(24)25-20-39(21-43-17-18-45(6,7)8)27(38-25)13-10-11-16-35-28(40)44-30(2,3)4/h9,11,14-16,19-20,26,37H,1,10,12-13,17-18,21H2,2-8H3,(H,35,40)(H,36,41). The van der Waals surface area contributed by atoms with E-state index < -0.39 is 38.1 Å². The monoisotopic (exact) mass is 653 g/mol. The SMILES string of the molecule is C=CCC(Nc1cc(NC(=O)OC)ccc1-c1cn(COCC[Si](C)(C)C)c(CCC=CNC(=O)OC(C)(C)C)n1)C(F)(F)F. The fourth-order valence-corrected chi connectivity index (χ4v) is 4.69. The summed E-state index contributed by atoms with van der Waals surface area (Å²) in [5, 5.41) is 7.62. The summed E-state index contributed by atoms with van der Waals surface area (Å²) in [4.78, 5) is 28.5. The van der Waals surface area contributed by atoms with Crippen molar-refractivity contribution < 1.29 is 37.0 Å². The Morgan fingerprint density at radius 1 is 1.16 bits per heavy atom. The van der Waals surface area contributed by atoms with Gasteiger partial charge in [0, 0.05) is 50.4 Å². The molecule has 0 aliphatic heterocycles. The molecule has 2 amide bonds. The van der Waals surface area contributed by atoms with Crippen LogP contribution < -0.4 is 16.0 Å². The van der Waals surface area contributed by atoms with Gasteiger partial charge in [0.15, 0.2) is 0 Å². The molecule has 0 saturated heterocycles. The molecular weight excluding hydrogens is 607 g/mol. The molecule has 2 rings (SSSR count). The Labute approximate surface area is 264 Å². The second kappa shape index (κ2) is 16.5. The lowest BCUT2D eigenvalue weighted by atomic mass is 10.1. The van der Waals surface area contributed by atoms with Gasteiger partial charge in [0.1, 0.15) is 24.2 Å². The van der Waals surface area contributed by atoms with Crippen LogP contribution in [0.2, 0.25) is 25.7 Å². The predicted octanol–water partition coefficient (Wildman–Crippen LogP) is 7.93. The van der Waals surface area contributed by atoms with Crippen LogP contribution in [0, 0.1) is 0 Å². The number of alkyl carbamates (subject to hydrolysis) is 1.